The van der Waals surface area contributed by atoms with Gasteiger partial charge in [0, 0.05) is 31.1 Å². The van der Waals surface area contributed by atoms with Crippen LogP contribution in [0.2, 0.25) is 5.02 Å². The maximum atomic E-state index is 13.3. The summed E-state index contributed by atoms with van der Waals surface area (Å²) in [7, 11) is -3.52. The maximum absolute atomic E-state index is 13.3. The van der Waals surface area contributed by atoms with Crippen LogP contribution in [-0.4, -0.2) is 50.5 Å². The second-order valence-corrected chi connectivity index (χ2v) is 11.0. The molecule has 0 aliphatic heterocycles. The fraction of sp³-hybridized carbons (Fsp3) is 0.462. The topological polar surface area (TPSA) is 86.8 Å². The van der Waals surface area contributed by atoms with Crippen molar-refractivity contribution in [2.75, 3.05) is 23.7 Å². The minimum absolute atomic E-state index is 0.0921. The van der Waals surface area contributed by atoms with Crippen molar-refractivity contribution in [3.8, 4) is 0 Å². The Bertz CT molecular complexity index is 1110. The van der Waals surface area contributed by atoms with Crippen LogP contribution in [0.25, 0.3) is 0 Å². The van der Waals surface area contributed by atoms with Crippen LogP contribution in [0.3, 0.4) is 0 Å². The minimum Gasteiger partial charge on any atom is -0.354 e. The Morgan fingerprint density at radius 1 is 1.09 bits per heavy atom. The number of carbonyl (C=O) groups excluding carboxylic acids is 2. The molecule has 0 saturated heterocycles. The van der Waals surface area contributed by atoms with Crippen LogP contribution < -0.4 is 9.62 Å². The van der Waals surface area contributed by atoms with Gasteiger partial charge in [-0.05, 0) is 56.0 Å². The molecule has 0 aromatic heterocycles. The molecule has 7 nitrogen and oxygen atoms in total. The van der Waals surface area contributed by atoms with Crippen LogP contribution in [-0.2, 0) is 26.2 Å². The lowest BCUT2D eigenvalue weighted by Gasteiger charge is -2.29. The number of anilines is 1. The number of benzene rings is 2. The predicted molar refractivity (Wildman–Crippen MR) is 142 cm³/mol. The van der Waals surface area contributed by atoms with Gasteiger partial charge in [-0.25, -0.2) is 8.42 Å². The molecule has 0 saturated carbocycles. The quantitative estimate of drug-likeness (QED) is 0.392. The van der Waals surface area contributed by atoms with Crippen LogP contribution in [0.15, 0.2) is 48.5 Å². The summed E-state index contributed by atoms with van der Waals surface area (Å²) in [5, 5.41) is 3.41. The van der Waals surface area contributed by atoms with E-state index >= 15 is 0 Å². The molecular weight excluding hydrogens is 486 g/mol. The summed E-state index contributed by atoms with van der Waals surface area (Å²) in [5.74, 6) is -0.461. The number of halogens is 1. The Labute approximate surface area is 214 Å². The van der Waals surface area contributed by atoms with E-state index < -0.39 is 16.1 Å². The molecule has 0 bridgehead atoms. The predicted octanol–water partition coefficient (Wildman–Crippen LogP) is 4.53. The highest BCUT2D eigenvalue weighted by Gasteiger charge is 2.27. The highest BCUT2D eigenvalue weighted by molar-refractivity contribution is 7.92. The van der Waals surface area contributed by atoms with Crippen LogP contribution in [0.4, 0.5) is 5.69 Å². The minimum atomic E-state index is -3.52. The number of carbonyl (C=O) groups is 2. The molecule has 0 radical (unpaired) electrons. The van der Waals surface area contributed by atoms with Gasteiger partial charge in [0.1, 0.15) is 6.04 Å². The number of nitrogens with zero attached hydrogens (tertiary/aromatic N) is 2. The van der Waals surface area contributed by atoms with E-state index in [1.165, 1.54) is 9.21 Å². The van der Waals surface area contributed by atoms with Gasteiger partial charge in [0.2, 0.25) is 21.8 Å². The second kappa shape index (κ2) is 13.5. The Kier molecular flexibility index (Phi) is 11.0. The molecule has 2 aromatic rings. The normalized spacial score (nSPS) is 12.1. The van der Waals surface area contributed by atoms with Gasteiger partial charge >= 0.3 is 0 Å². The molecule has 0 spiro atoms. The number of aryl methyl sites for hydroxylation is 1. The molecule has 0 unspecified atom stereocenters. The highest BCUT2D eigenvalue weighted by Crippen LogP contribution is 2.22. The van der Waals surface area contributed by atoms with E-state index in [0.717, 1.165) is 30.2 Å². The third-order valence-electron chi connectivity index (χ3n) is 5.74. The average molecular weight is 522 g/mol. The molecule has 2 rings (SSSR count). The number of rotatable bonds is 13. The summed E-state index contributed by atoms with van der Waals surface area (Å²) in [6, 6.07) is 13.8. The summed E-state index contributed by atoms with van der Waals surface area (Å²) < 4.78 is 26.1. The largest absolute Gasteiger partial charge is 0.354 e. The van der Waals surface area contributed by atoms with E-state index in [4.69, 9.17) is 11.6 Å². The first kappa shape index (κ1) is 28.7. The molecule has 1 N–H and O–H groups in total. The van der Waals surface area contributed by atoms with Gasteiger partial charge < -0.3 is 10.2 Å². The number of hydrogen-bond acceptors (Lipinski definition) is 4. The molecule has 0 fully saturated rings. The van der Waals surface area contributed by atoms with Crippen molar-refractivity contribution < 1.29 is 18.0 Å². The number of amides is 2. The summed E-state index contributed by atoms with van der Waals surface area (Å²) in [4.78, 5) is 27.5. The molecule has 0 heterocycles. The van der Waals surface area contributed by atoms with Crippen LogP contribution in [0.1, 0.15) is 50.7 Å². The van der Waals surface area contributed by atoms with Crippen LogP contribution >= 0.6 is 11.6 Å². The van der Waals surface area contributed by atoms with Gasteiger partial charge in [-0.1, -0.05) is 55.3 Å². The molecule has 2 aromatic carbocycles. The summed E-state index contributed by atoms with van der Waals surface area (Å²) >= 11 is 6.32. The van der Waals surface area contributed by atoms with Crippen LogP contribution in [0.5, 0.6) is 0 Å². The smallest absolute Gasteiger partial charge is 0.242 e. The molecule has 2 amide bonds. The third kappa shape index (κ3) is 8.85. The lowest BCUT2D eigenvalue weighted by molar-refractivity contribution is -0.140. The molecular formula is C26H36ClN3O4S. The van der Waals surface area contributed by atoms with Crippen molar-refractivity contribution in [1.82, 2.24) is 10.2 Å². The highest BCUT2D eigenvalue weighted by atomic mass is 35.5. The fourth-order valence-electron chi connectivity index (χ4n) is 3.72. The van der Waals surface area contributed by atoms with Crippen molar-refractivity contribution in [2.45, 2.75) is 59.0 Å². The van der Waals surface area contributed by atoms with E-state index in [-0.39, 0.29) is 31.3 Å². The Hall–Kier alpha value is -2.58. The summed E-state index contributed by atoms with van der Waals surface area (Å²) in [6.07, 6.45) is 3.37. The second-order valence-electron chi connectivity index (χ2n) is 8.71. The zero-order valence-electron chi connectivity index (χ0n) is 21.0. The molecule has 1 atom stereocenters. The van der Waals surface area contributed by atoms with E-state index in [2.05, 4.69) is 5.32 Å². The molecule has 0 aliphatic carbocycles. The maximum Gasteiger partial charge on any atom is 0.242 e. The lowest BCUT2D eigenvalue weighted by atomic mass is 10.1. The number of sulfonamides is 1. The van der Waals surface area contributed by atoms with Crippen molar-refractivity contribution in [1.29, 1.82) is 0 Å². The molecule has 0 aliphatic rings. The van der Waals surface area contributed by atoms with Gasteiger partial charge in [0.25, 0.3) is 0 Å². The Balaban J connectivity index is 2.15. The van der Waals surface area contributed by atoms with Gasteiger partial charge in [0.15, 0.2) is 0 Å². The monoisotopic (exact) mass is 521 g/mol. The van der Waals surface area contributed by atoms with Gasteiger partial charge in [-0.3, -0.25) is 13.9 Å². The lowest BCUT2D eigenvalue weighted by Crippen LogP contribution is -2.48. The van der Waals surface area contributed by atoms with Crippen LogP contribution in [0, 0.1) is 6.92 Å². The SMILES string of the molecule is CCCCNC(=O)[C@@H](C)N(Cc1ccccc1Cl)C(=O)CCCN(c1cccc(C)c1)S(C)(=O)=O. The average Bonchev–Trinajstić information content (AvgIpc) is 2.80. The van der Waals surface area contributed by atoms with Crippen molar-refractivity contribution in [2.24, 2.45) is 0 Å². The van der Waals surface area contributed by atoms with E-state index in [9.17, 15) is 18.0 Å². The van der Waals surface area contributed by atoms with E-state index in [0.29, 0.717) is 23.7 Å². The number of hydrogen-bond donors (Lipinski definition) is 1. The summed E-state index contributed by atoms with van der Waals surface area (Å²) in [5.41, 5.74) is 2.26. The number of unbranched alkanes of at least 4 members (excludes halogenated alkanes) is 1. The molecule has 192 valence electrons. The van der Waals surface area contributed by atoms with Crippen molar-refractivity contribution in [3.63, 3.8) is 0 Å². The molecule has 35 heavy (non-hydrogen) atoms. The first-order valence-corrected chi connectivity index (χ1v) is 14.1. The Morgan fingerprint density at radius 2 is 1.80 bits per heavy atom. The van der Waals surface area contributed by atoms with E-state index in [1.807, 2.05) is 38.1 Å². The molecule has 9 heteroatoms. The van der Waals surface area contributed by atoms with E-state index in [1.54, 1.807) is 31.2 Å². The van der Waals surface area contributed by atoms with Gasteiger partial charge in [-0.2, -0.15) is 0 Å². The van der Waals surface area contributed by atoms with Crippen molar-refractivity contribution in [3.05, 3.63) is 64.7 Å². The third-order valence-corrected chi connectivity index (χ3v) is 7.30. The Morgan fingerprint density at radius 3 is 2.43 bits per heavy atom. The first-order valence-electron chi connectivity index (χ1n) is 11.9. The van der Waals surface area contributed by atoms with Gasteiger partial charge in [0.05, 0.1) is 11.9 Å². The first-order chi connectivity index (χ1) is 16.5. The summed E-state index contributed by atoms with van der Waals surface area (Å²) in [6.45, 7) is 6.53. The zero-order valence-corrected chi connectivity index (χ0v) is 22.5. The standard InChI is InChI=1S/C26H36ClN3O4S/c1-5-6-16-28-26(32)21(3)29(19-22-12-7-8-14-24(22)27)25(31)15-10-17-30(35(4,33)34)23-13-9-11-20(2)18-23/h7-9,11-14,18,21H,5-6,10,15-17,19H2,1-4H3,(H,28,32)/t21-/m1/s1. The van der Waals surface area contributed by atoms with Gasteiger partial charge in [-0.15, -0.1) is 0 Å². The number of nitrogens with one attached hydrogen (secondary N) is 1. The zero-order chi connectivity index (χ0) is 26.0. The fourth-order valence-corrected chi connectivity index (χ4v) is 4.87. The van der Waals surface area contributed by atoms with Crippen molar-refractivity contribution >= 4 is 39.1 Å².